The summed E-state index contributed by atoms with van der Waals surface area (Å²) >= 11 is 0. The van der Waals surface area contributed by atoms with Crippen LogP contribution in [0.25, 0.3) is 10.8 Å². The smallest absolute Gasteiger partial charge is 0.274 e. The summed E-state index contributed by atoms with van der Waals surface area (Å²) in [5.74, 6) is -0.197. The first-order valence-electron chi connectivity index (χ1n) is 7.75. The third-order valence-electron chi connectivity index (χ3n) is 4.06. The summed E-state index contributed by atoms with van der Waals surface area (Å²) in [7, 11) is 1.58. The monoisotopic (exact) mass is 309 g/mol. The van der Waals surface area contributed by atoms with Crippen LogP contribution in [0, 0.1) is 0 Å². The quantitative estimate of drug-likeness (QED) is 0.875. The zero-order valence-corrected chi connectivity index (χ0v) is 13.3. The lowest BCUT2D eigenvalue weighted by atomic mass is 10.1. The first-order chi connectivity index (χ1) is 11.1. The van der Waals surface area contributed by atoms with Crippen LogP contribution in [0.4, 0.5) is 5.69 Å². The average Bonchev–Trinajstić information content (AvgIpc) is 2.57. The molecule has 0 aliphatic carbocycles. The van der Waals surface area contributed by atoms with Gasteiger partial charge in [0.05, 0.1) is 0 Å². The Morgan fingerprint density at radius 1 is 1.17 bits per heavy atom. The number of hydrazone groups is 1. The zero-order valence-electron chi connectivity index (χ0n) is 13.3. The number of carbonyl (C=O) groups excluding carboxylic acids is 2. The van der Waals surface area contributed by atoms with Gasteiger partial charge in [0.1, 0.15) is 5.71 Å². The molecule has 5 nitrogen and oxygen atoms in total. The van der Waals surface area contributed by atoms with Crippen LogP contribution in [0.2, 0.25) is 0 Å². The number of amides is 2. The molecule has 2 amide bonds. The van der Waals surface area contributed by atoms with Gasteiger partial charge in [0, 0.05) is 32.1 Å². The normalized spacial score (nSPS) is 14.8. The largest absolute Gasteiger partial charge is 0.308 e. The number of hydrogen-bond donors (Lipinski definition) is 0. The molecule has 0 radical (unpaired) electrons. The van der Waals surface area contributed by atoms with Crippen molar-refractivity contribution >= 4 is 34.0 Å². The molecule has 5 heteroatoms. The zero-order chi connectivity index (χ0) is 16.4. The molecule has 0 atom stereocenters. The van der Waals surface area contributed by atoms with Gasteiger partial charge in [-0.05, 0) is 29.8 Å². The van der Waals surface area contributed by atoms with Gasteiger partial charge in [0.25, 0.3) is 5.91 Å². The van der Waals surface area contributed by atoms with Gasteiger partial charge in [0.15, 0.2) is 0 Å². The summed E-state index contributed by atoms with van der Waals surface area (Å²) in [4.78, 5) is 26.0. The Morgan fingerprint density at radius 2 is 1.91 bits per heavy atom. The molecule has 1 aliphatic rings. The Morgan fingerprint density at radius 3 is 2.61 bits per heavy atom. The summed E-state index contributed by atoms with van der Waals surface area (Å²) in [6, 6.07) is 14.0. The standard InChI is InChI=1S/C18H19N3O2/c1-3-21(18(23)16-10-11-17(22)20(2)19-16)15-9-8-13-6-4-5-7-14(13)12-15/h4-9,12H,3,10-11H2,1-2H3. The van der Waals surface area contributed by atoms with E-state index in [0.717, 1.165) is 16.5 Å². The van der Waals surface area contributed by atoms with Crippen LogP contribution >= 0.6 is 0 Å². The molecule has 23 heavy (non-hydrogen) atoms. The highest BCUT2D eigenvalue weighted by Gasteiger charge is 2.26. The van der Waals surface area contributed by atoms with Crippen molar-refractivity contribution in [2.75, 3.05) is 18.5 Å². The van der Waals surface area contributed by atoms with Crippen molar-refractivity contribution in [1.29, 1.82) is 0 Å². The molecule has 1 aliphatic heterocycles. The van der Waals surface area contributed by atoms with Crippen LogP contribution in [0.15, 0.2) is 47.6 Å². The van der Waals surface area contributed by atoms with E-state index in [1.807, 2.05) is 49.4 Å². The molecule has 2 aromatic carbocycles. The molecule has 0 N–H and O–H groups in total. The number of hydrogen-bond acceptors (Lipinski definition) is 3. The molecule has 0 spiro atoms. The lowest BCUT2D eigenvalue weighted by Crippen LogP contribution is -2.40. The number of benzene rings is 2. The van der Waals surface area contributed by atoms with E-state index in [0.29, 0.717) is 25.1 Å². The predicted octanol–water partition coefficient (Wildman–Crippen LogP) is 2.80. The van der Waals surface area contributed by atoms with Gasteiger partial charge in [-0.3, -0.25) is 9.59 Å². The number of anilines is 1. The molecule has 118 valence electrons. The highest BCUT2D eigenvalue weighted by atomic mass is 16.2. The fourth-order valence-electron chi connectivity index (χ4n) is 2.77. The number of fused-ring (bicyclic) bond motifs is 1. The van der Waals surface area contributed by atoms with Crippen LogP contribution in [0.3, 0.4) is 0 Å². The number of rotatable bonds is 3. The van der Waals surface area contributed by atoms with E-state index < -0.39 is 0 Å². The molecule has 0 fully saturated rings. The van der Waals surface area contributed by atoms with Crippen molar-refractivity contribution in [3.8, 4) is 0 Å². The third-order valence-corrected chi connectivity index (χ3v) is 4.06. The molecule has 1 heterocycles. The van der Waals surface area contributed by atoms with Gasteiger partial charge >= 0.3 is 0 Å². The van der Waals surface area contributed by atoms with E-state index in [4.69, 9.17) is 0 Å². The molecule has 3 rings (SSSR count). The van der Waals surface area contributed by atoms with E-state index in [-0.39, 0.29) is 11.8 Å². The maximum Gasteiger partial charge on any atom is 0.274 e. The third kappa shape index (κ3) is 2.95. The highest BCUT2D eigenvalue weighted by Crippen LogP contribution is 2.23. The first-order valence-corrected chi connectivity index (χ1v) is 7.75. The second kappa shape index (κ2) is 6.20. The summed E-state index contributed by atoms with van der Waals surface area (Å²) in [6.45, 7) is 2.49. The maximum atomic E-state index is 12.8. The molecular formula is C18H19N3O2. The minimum absolute atomic E-state index is 0.0599. The molecule has 2 aromatic rings. The first kappa shape index (κ1) is 15.2. The van der Waals surface area contributed by atoms with Crippen LogP contribution < -0.4 is 4.90 Å². The SMILES string of the molecule is CCN(C(=O)C1=NN(C)C(=O)CC1)c1ccc2ccccc2c1. The van der Waals surface area contributed by atoms with Gasteiger partial charge < -0.3 is 4.90 Å². The number of nitrogens with zero attached hydrogens (tertiary/aromatic N) is 3. The Kier molecular flexibility index (Phi) is 4.10. The molecule has 0 aromatic heterocycles. The summed E-state index contributed by atoms with van der Waals surface area (Å²) in [6.07, 6.45) is 0.725. The minimum Gasteiger partial charge on any atom is -0.308 e. The van der Waals surface area contributed by atoms with Crippen molar-refractivity contribution in [1.82, 2.24) is 5.01 Å². The fourth-order valence-corrected chi connectivity index (χ4v) is 2.77. The van der Waals surface area contributed by atoms with Gasteiger partial charge in [-0.1, -0.05) is 30.3 Å². The Balaban J connectivity index is 1.93. The summed E-state index contributed by atoms with van der Waals surface area (Å²) < 4.78 is 0. The van der Waals surface area contributed by atoms with E-state index in [1.165, 1.54) is 5.01 Å². The van der Waals surface area contributed by atoms with E-state index in [2.05, 4.69) is 5.10 Å². The minimum atomic E-state index is -0.137. The molecule has 0 saturated heterocycles. The van der Waals surface area contributed by atoms with E-state index in [1.54, 1.807) is 11.9 Å². The molecular weight excluding hydrogens is 290 g/mol. The van der Waals surface area contributed by atoms with Crippen molar-refractivity contribution in [2.24, 2.45) is 5.10 Å². The molecule has 0 unspecified atom stereocenters. The topological polar surface area (TPSA) is 53.0 Å². The van der Waals surface area contributed by atoms with Gasteiger partial charge in [-0.15, -0.1) is 0 Å². The van der Waals surface area contributed by atoms with Crippen molar-refractivity contribution < 1.29 is 9.59 Å². The molecule has 0 saturated carbocycles. The van der Waals surface area contributed by atoms with Crippen molar-refractivity contribution in [2.45, 2.75) is 19.8 Å². The Bertz CT molecular complexity index is 798. The van der Waals surface area contributed by atoms with E-state index >= 15 is 0 Å². The summed E-state index contributed by atoms with van der Waals surface area (Å²) in [5, 5.41) is 7.61. The van der Waals surface area contributed by atoms with Crippen LogP contribution in [0.5, 0.6) is 0 Å². The second-order valence-electron chi connectivity index (χ2n) is 5.54. The van der Waals surface area contributed by atoms with Gasteiger partial charge in [-0.25, -0.2) is 5.01 Å². The Labute approximate surface area is 135 Å². The lowest BCUT2D eigenvalue weighted by molar-refractivity contribution is -0.130. The van der Waals surface area contributed by atoms with Crippen LogP contribution in [-0.2, 0) is 9.59 Å². The van der Waals surface area contributed by atoms with Crippen LogP contribution in [-0.4, -0.2) is 36.1 Å². The lowest BCUT2D eigenvalue weighted by Gasteiger charge is -2.25. The number of carbonyl (C=O) groups is 2. The maximum absolute atomic E-state index is 12.8. The summed E-state index contributed by atoms with van der Waals surface area (Å²) in [5.41, 5.74) is 1.28. The predicted molar refractivity (Wildman–Crippen MR) is 91.4 cm³/mol. The average molecular weight is 309 g/mol. The van der Waals surface area contributed by atoms with Crippen molar-refractivity contribution in [3.05, 3.63) is 42.5 Å². The van der Waals surface area contributed by atoms with Crippen LogP contribution in [0.1, 0.15) is 19.8 Å². The second-order valence-corrected chi connectivity index (χ2v) is 5.54. The van der Waals surface area contributed by atoms with Gasteiger partial charge in [0.2, 0.25) is 5.91 Å². The van der Waals surface area contributed by atoms with Crippen molar-refractivity contribution in [3.63, 3.8) is 0 Å². The van der Waals surface area contributed by atoms with E-state index in [9.17, 15) is 9.59 Å². The Hall–Kier alpha value is -2.69. The van der Waals surface area contributed by atoms with Gasteiger partial charge in [-0.2, -0.15) is 5.10 Å². The fraction of sp³-hybridized carbons (Fsp3) is 0.278. The molecule has 0 bridgehead atoms. The highest BCUT2D eigenvalue weighted by molar-refractivity contribution is 6.44.